The van der Waals surface area contributed by atoms with E-state index in [-0.39, 0.29) is 18.6 Å². The van der Waals surface area contributed by atoms with Gasteiger partial charge in [0.2, 0.25) is 0 Å². The van der Waals surface area contributed by atoms with Crippen molar-refractivity contribution in [3.05, 3.63) is 0 Å². The van der Waals surface area contributed by atoms with Crippen molar-refractivity contribution in [2.24, 2.45) is 5.92 Å². The van der Waals surface area contributed by atoms with Crippen molar-refractivity contribution < 1.29 is 14.7 Å². The Bertz CT molecular complexity index is 369. The molecule has 0 radical (unpaired) electrons. The molecule has 2 rings (SSSR count). The van der Waals surface area contributed by atoms with Gasteiger partial charge in [-0.15, -0.1) is 0 Å². The highest BCUT2D eigenvalue weighted by Gasteiger charge is 2.36. The molecule has 1 saturated carbocycles. The first-order chi connectivity index (χ1) is 9.49. The zero-order valence-electron chi connectivity index (χ0n) is 12.3. The van der Waals surface area contributed by atoms with Gasteiger partial charge in [0.05, 0.1) is 6.54 Å². The predicted octanol–water partition coefficient (Wildman–Crippen LogP) is 0.975. The van der Waals surface area contributed by atoms with Gasteiger partial charge in [-0.1, -0.05) is 13.8 Å². The van der Waals surface area contributed by atoms with Crippen LogP contribution in [0.25, 0.3) is 0 Å². The van der Waals surface area contributed by atoms with E-state index < -0.39 is 5.97 Å². The van der Waals surface area contributed by atoms with Gasteiger partial charge in [0.25, 0.3) is 0 Å². The van der Waals surface area contributed by atoms with Crippen LogP contribution in [-0.2, 0) is 4.79 Å². The Balaban J connectivity index is 1.70. The molecule has 2 aliphatic rings. The average Bonchev–Trinajstić information content (AvgIpc) is 2.77. The van der Waals surface area contributed by atoms with Crippen molar-refractivity contribution in [3.63, 3.8) is 0 Å². The van der Waals surface area contributed by atoms with Gasteiger partial charge in [0, 0.05) is 25.2 Å². The first kappa shape index (κ1) is 15.1. The maximum atomic E-state index is 12.0. The van der Waals surface area contributed by atoms with E-state index in [1.807, 2.05) is 16.7 Å². The molecule has 1 aliphatic carbocycles. The Morgan fingerprint density at radius 3 is 2.60 bits per heavy atom. The van der Waals surface area contributed by atoms with Crippen molar-refractivity contribution in [3.8, 4) is 0 Å². The van der Waals surface area contributed by atoms with Crippen molar-refractivity contribution in [2.45, 2.75) is 45.2 Å². The third-order valence-electron chi connectivity index (χ3n) is 4.41. The van der Waals surface area contributed by atoms with Crippen LogP contribution < -0.4 is 5.32 Å². The Morgan fingerprint density at radius 1 is 1.40 bits per heavy atom. The second-order valence-corrected chi connectivity index (χ2v) is 6.07. The van der Waals surface area contributed by atoms with Gasteiger partial charge in [-0.2, -0.15) is 0 Å². The summed E-state index contributed by atoms with van der Waals surface area (Å²) in [5.74, 6) is -0.188. The summed E-state index contributed by atoms with van der Waals surface area (Å²) in [5, 5.41) is 11.9. The first-order valence-electron chi connectivity index (χ1n) is 7.50. The number of nitrogens with zero attached hydrogens (tertiary/aromatic N) is 2. The van der Waals surface area contributed by atoms with Gasteiger partial charge < -0.3 is 15.3 Å². The molecule has 0 aromatic heterocycles. The van der Waals surface area contributed by atoms with Crippen molar-refractivity contribution in [2.75, 3.05) is 26.2 Å². The number of carboxylic acids is 1. The number of nitrogens with one attached hydrogen (secondary N) is 1. The molecule has 2 fully saturated rings. The monoisotopic (exact) mass is 283 g/mol. The molecular weight excluding hydrogens is 258 g/mol. The normalized spacial score (nSPS) is 29.4. The quantitative estimate of drug-likeness (QED) is 0.789. The number of carbonyl (C=O) groups excluding carboxylic acids is 1. The van der Waals surface area contributed by atoms with E-state index in [4.69, 9.17) is 5.11 Å². The summed E-state index contributed by atoms with van der Waals surface area (Å²) in [6.45, 7) is 6.66. The minimum Gasteiger partial charge on any atom is -0.480 e. The van der Waals surface area contributed by atoms with Crippen molar-refractivity contribution in [1.29, 1.82) is 0 Å². The van der Waals surface area contributed by atoms with Gasteiger partial charge in [-0.3, -0.25) is 9.69 Å². The first-order valence-corrected chi connectivity index (χ1v) is 7.50. The summed E-state index contributed by atoms with van der Waals surface area (Å²) >= 11 is 0. The van der Waals surface area contributed by atoms with Gasteiger partial charge in [-0.25, -0.2) is 4.79 Å². The van der Waals surface area contributed by atoms with Crippen LogP contribution in [0.15, 0.2) is 0 Å². The largest absolute Gasteiger partial charge is 0.480 e. The second-order valence-electron chi connectivity index (χ2n) is 6.07. The van der Waals surface area contributed by atoms with E-state index in [0.29, 0.717) is 12.0 Å². The molecule has 0 aromatic carbocycles. The lowest BCUT2D eigenvalue weighted by atomic mass is 9.85. The van der Waals surface area contributed by atoms with Gasteiger partial charge >= 0.3 is 12.0 Å². The third kappa shape index (κ3) is 3.62. The van der Waals surface area contributed by atoms with E-state index in [1.54, 1.807) is 0 Å². The van der Waals surface area contributed by atoms with Crippen molar-refractivity contribution >= 4 is 12.0 Å². The Kier molecular flexibility index (Phi) is 4.86. The number of rotatable bonds is 5. The van der Waals surface area contributed by atoms with E-state index in [1.165, 1.54) is 0 Å². The Hall–Kier alpha value is -1.30. The molecule has 0 aromatic rings. The molecule has 0 bridgehead atoms. The zero-order valence-corrected chi connectivity index (χ0v) is 12.3. The van der Waals surface area contributed by atoms with Crippen LogP contribution in [0.3, 0.4) is 0 Å². The number of likely N-dealkylation sites (N-methyl/N-ethyl adjacent to an activating group) is 1. The van der Waals surface area contributed by atoms with E-state index in [0.717, 1.165) is 38.9 Å². The fourth-order valence-corrected chi connectivity index (χ4v) is 3.06. The molecule has 1 atom stereocenters. The highest BCUT2D eigenvalue weighted by molar-refractivity contribution is 5.75. The number of hydrogen-bond acceptors (Lipinski definition) is 3. The fourth-order valence-electron chi connectivity index (χ4n) is 3.06. The van der Waals surface area contributed by atoms with E-state index >= 15 is 0 Å². The van der Waals surface area contributed by atoms with E-state index in [2.05, 4.69) is 12.2 Å². The number of carboxylic acid groups (broad SMARTS) is 1. The fraction of sp³-hybridized carbons (Fsp3) is 0.857. The van der Waals surface area contributed by atoms with Crippen LogP contribution in [0.1, 0.15) is 33.1 Å². The number of likely N-dealkylation sites (tertiary alicyclic amines) is 1. The highest BCUT2D eigenvalue weighted by Crippen LogP contribution is 2.26. The van der Waals surface area contributed by atoms with E-state index in [9.17, 15) is 9.59 Å². The van der Waals surface area contributed by atoms with Crippen LogP contribution in [0.4, 0.5) is 4.79 Å². The summed E-state index contributed by atoms with van der Waals surface area (Å²) in [4.78, 5) is 26.6. The van der Waals surface area contributed by atoms with Gasteiger partial charge in [0.1, 0.15) is 0 Å². The van der Waals surface area contributed by atoms with Crippen LogP contribution in [0, 0.1) is 5.92 Å². The molecule has 1 aliphatic heterocycles. The predicted molar refractivity (Wildman–Crippen MR) is 75.6 cm³/mol. The number of amides is 2. The average molecular weight is 283 g/mol. The lowest BCUT2D eigenvalue weighted by Gasteiger charge is -2.42. The summed E-state index contributed by atoms with van der Waals surface area (Å²) in [7, 11) is 0. The number of aliphatic carboxylic acids is 1. The standard InChI is InChI=1S/C14H25N3O3/c1-3-16(9-13(18)19)12-6-11(7-12)15-14(20)17-5-4-10(2)8-17/h10-12H,3-9H2,1-2H3,(H,15,20)(H,18,19). The molecule has 1 unspecified atom stereocenters. The summed E-state index contributed by atoms with van der Waals surface area (Å²) in [6, 6.07) is 0.532. The number of carbonyl (C=O) groups is 2. The van der Waals surface area contributed by atoms with Gasteiger partial charge in [-0.05, 0) is 31.7 Å². The Labute approximate surface area is 120 Å². The number of urea groups is 1. The molecule has 1 saturated heterocycles. The third-order valence-corrected chi connectivity index (χ3v) is 4.41. The lowest BCUT2D eigenvalue weighted by Crippen LogP contribution is -2.56. The number of hydrogen-bond donors (Lipinski definition) is 2. The Morgan fingerprint density at radius 2 is 2.10 bits per heavy atom. The molecule has 0 spiro atoms. The highest BCUT2D eigenvalue weighted by atomic mass is 16.4. The maximum absolute atomic E-state index is 12.0. The van der Waals surface area contributed by atoms with Crippen LogP contribution in [0.5, 0.6) is 0 Å². The SMILES string of the molecule is CCN(CC(=O)O)C1CC(NC(=O)N2CCC(C)C2)C1. The van der Waals surface area contributed by atoms with Crippen LogP contribution in [-0.4, -0.2) is 65.2 Å². The topological polar surface area (TPSA) is 72.9 Å². The van der Waals surface area contributed by atoms with Crippen LogP contribution in [0.2, 0.25) is 0 Å². The smallest absolute Gasteiger partial charge is 0.317 e. The van der Waals surface area contributed by atoms with Crippen molar-refractivity contribution in [1.82, 2.24) is 15.1 Å². The minimum absolute atomic E-state index is 0.0408. The maximum Gasteiger partial charge on any atom is 0.317 e. The molecule has 6 nitrogen and oxygen atoms in total. The second kappa shape index (κ2) is 6.43. The molecule has 1 heterocycles. The zero-order chi connectivity index (χ0) is 14.7. The summed E-state index contributed by atoms with van der Waals surface area (Å²) in [5.41, 5.74) is 0. The molecule has 6 heteroatoms. The minimum atomic E-state index is -0.787. The van der Waals surface area contributed by atoms with Gasteiger partial charge in [0.15, 0.2) is 0 Å². The van der Waals surface area contributed by atoms with Crippen LogP contribution >= 0.6 is 0 Å². The molecule has 2 amide bonds. The lowest BCUT2D eigenvalue weighted by molar-refractivity contribution is -0.139. The molecular formula is C14H25N3O3. The molecule has 2 N–H and O–H groups in total. The summed E-state index contributed by atoms with van der Waals surface area (Å²) < 4.78 is 0. The molecule has 20 heavy (non-hydrogen) atoms. The summed E-state index contributed by atoms with van der Waals surface area (Å²) in [6.07, 6.45) is 2.80. The molecule has 114 valence electrons.